The summed E-state index contributed by atoms with van der Waals surface area (Å²) in [7, 11) is 0. The summed E-state index contributed by atoms with van der Waals surface area (Å²) in [6.07, 6.45) is 0. The highest BCUT2D eigenvalue weighted by Gasteiger charge is 2.08. The van der Waals surface area contributed by atoms with Gasteiger partial charge in [-0.25, -0.2) is 4.98 Å². The fraction of sp³-hybridized carbons (Fsp3) is 0.188. The number of imidazole rings is 1. The molecule has 5 heteroatoms. The molecule has 0 aliphatic rings. The second-order valence-corrected chi connectivity index (χ2v) is 5.84. The summed E-state index contributed by atoms with van der Waals surface area (Å²) in [5.41, 5.74) is 9.08. The van der Waals surface area contributed by atoms with E-state index in [1.165, 1.54) is 5.56 Å². The van der Waals surface area contributed by atoms with Crippen LogP contribution in [-0.4, -0.2) is 16.2 Å². The fourth-order valence-corrected chi connectivity index (χ4v) is 2.67. The molecular formula is C16H16BrN3O. The molecule has 0 bridgehead atoms. The molecule has 0 saturated heterocycles. The third kappa shape index (κ3) is 3.03. The summed E-state index contributed by atoms with van der Waals surface area (Å²) in [5.74, 6) is 1.39. The first kappa shape index (κ1) is 13.9. The summed E-state index contributed by atoms with van der Waals surface area (Å²) in [6.45, 7) is 3.26. The fourth-order valence-electron chi connectivity index (χ4n) is 2.32. The van der Waals surface area contributed by atoms with E-state index in [0.717, 1.165) is 21.3 Å². The molecule has 1 heterocycles. The van der Waals surface area contributed by atoms with Crippen LogP contribution in [0.15, 0.2) is 46.9 Å². The molecule has 0 aliphatic heterocycles. The smallest absolute Gasteiger partial charge is 0.201 e. The first-order valence-electron chi connectivity index (χ1n) is 6.74. The van der Waals surface area contributed by atoms with Crippen LogP contribution in [0.1, 0.15) is 5.56 Å². The standard InChI is InChI=1S/C16H16BrN3O/c1-11-3-2-4-13(9-11)21-8-7-20-15-6-5-12(17)10-14(15)19-16(20)18/h2-6,9-10H,7-8H2,1H3,(H2,18,19). The topological polar surface area (TPSA) is 53.1 Å². The van der Waals surface area contributed by atoms with E-state index in [4.69, 9.17) is 10.5 Å². The molecule has 3 rings (SSSR count). The molecule has 2 N–H and O–H groups in total. The predicted octanol–water partition coefficient (Wildman–Crippen LogP) is 3.77. The maximum absolute atomic E-state index is 5.99. The molecule has 108 valence electrons. The van der Waals surface area contributed by atoms with Crippen LogP contribution in [0, 0.1) is 6.92 Å². The lowest BCUT2D eigenvalue weighted by atomic mass is 10.2. The van der Waals surface area contributed by atoms with Crippen molar-refractivity contribution >= 4 is 32.9 Å². The Morgan fingerprint density at radius 1 is 1.24 bits per heavy atom. The molecule has 2 aromatic carbocycles. The number of anilines is 1. The quantitative estimate of drug-likeness (QED) is 0.782. The Bertz CT molecular complexity index is 782. The molecule has 0 unspecified atom stereocenters. The number of nitrogens with two attached hydrogens (primary N) is 1. The molecule has 4 nitrogen and oxygen atoms in total. The van der Waals surface area contributed by atoms with Crippen LogP contribution in [0.3, 0.4) is 0 Å². The second-order valence-electron chi connectivity index (χ2n) is 4.92. The average molecular weight is 346 g/mol. The third-order valence-corrected chi connectivity index (χ3v) is 3.81. The minimum absolute atomic E-state index is 0.510. The number of aromatic nitrogens is 2. The summed E-state index contributed by atoms with van der Waals surface area (Å²) in [5, 5.41) is 0. The zero-order valence-corrected chi connectivity index (χ0v) is 13.3. The molecule has 0 atom stereocenters. The molecule has 3 aromatic rings. The normalized spacial score (nSPS) is 11.0. The van der Waals surface area contributed by atoms with Gasteiger partial charge in [-0.05, 0) is 42.8 Å². The lowest BCUT2D eigenvalue weighted by Gasteiger charge is -2.09. The number of nitrogen functional groups attached to an aromatic ring is 1. The van der Waals surface area contributed by atoms with Gasteiger partial charge in [0.2, 0.25) is 5.95 Å². The van der Waals surface area contributed by atoms with Crippen molar-refractivity contribution in [3.63, 3.8) is 0 Å². The second kappa shape index (κ2) is 5.77. The van der Waals surface area contributed by atoms with Gasteiger partial charge in [0.15, 0.2) is 0 Å². The van der Waals surface area contributed by atoms with Gasteiger partial charge in [0.05, 0.1) is 17.6 Å². The number of aryl methyl sites for hydroxylation is 1. The maximum atomic E-state index is 5.99. The highest BCUT2D eigenvalue weighted by atomic mass is 79.9. The summed E-state index contributed by atoms with van der Waals surface area (Å²) >= 11 is 3.44. The monoisotopic (exact) mass is 345 g/mol. The Kier molecular flexibility index (Phi) is 3.84. The number of benzene rings is 2. The number of nitrogens with zero attached hydrogens (tertiary/aromatic N) is 2. The van der Waals surface area contributed by atoms with Crippen molar-refractivity contribution in [1.29, 1.82) is 0 Å². The molecule has 0 radical (unpaired) electrons. The van der Waals surface area contributed by atoms with Gasteiger partial charge >= 0.3 is 0 Å². The molecular weight excluding hydrogens is 330 g/mol. The lowest BCUT2D eigenvalue weighted by molar-refractivity contribution is 0.301. The molecule has 0 spiro atoms. The number of fused-ring (bicyclic) bond motifs is 1. The van der Waals surface area contributed by atoms with Crippen molar-refractivity contribution in [2.45, 2.75) is 13.5 Å². The van der Waals surface area contributed by atoms with E-state index in [2.05, 4.69) is 20.9 Å². The van der Waals surface area contributed by atoms with E-state index < -0.39 is 0 Å². The van der Waals surface area contributed by atoms with Crippen LogP contribution in [0.5, 0.6) is 5.75 Å². The SMILES string of the molecule is Cc1cccc(OCCn2c(N)nc3cc(Br)ccc32)c1. The summed E-state index contributed by atoms with van der Waals surface area (Å²) < 4.78 is 8.74. The van der Waals surface area contributed by atoms with Gasteiger partial charge in [-0.3, -0.25) is 0 Å². The Labute approximate surface area is 131 Å². The van der Waals surface area contributed by atoms with Crippen molar-refractivity contribution in [2.75, 3.05) is 12.3 Å². The van der Waals surface area contributed by atoms with Gasteiger partial charge in [-0.2, -0.15) is 0 Å². The maximum Gasteiger partial charge on any atom is 0.201 e. The highest BCUT2D eigenvalue weighted by molar-refractivity contribution is 9.10. The van der Waals surface area contributed by atoms with E-state index in [1.54, 1.807) is 0 Å². The van der Waals surface area contributed by atoms with Gasteiger partial charge in [0, 0.05) is 4.47 Å². The van der Waals surface area contributed by atoms with Crippen LogP contribution >= 0.6 is 15.9 Å². The van der Waals surface area contributed by atoms with Crippen LogP contribution in [-0.2, 0) is 6.54 Å². The average Bonchev–Trinajstić information content (AvgIpc) is 2.74. The van der Waals surface area contributed by atoms with Gasteiger partial charge in [-0.1, -0.05) is 28.1 Å². The first-order chi connectivity index (χ1) is 10.1. The van der Waals surface area contributed by atoms with Crippen molar-refractivity contribution in [1.82, 2.24) is 9.55 Å². The van der Waals surface area contributed by atoms with Crippen LogP contribution in [0.4, 0.5) is 5.95 Å². The van der Waals surface area contributed by atoms with E-state index in [-0.39, 0.29) is 0 Å². The van der Waals surface area contributed by atoms with Crippen molar-refractivity contribution in [3.8, 4) is 5.75 Å². The van der Waals surface area contributed by atoms with E-state index >= 15 is 0 Å². The number of halogens is 1. The van der Waals surface area contributed by atoms with Crippen molar-refractivity contribution < 1.29 is 4.74 Å². The molecule has 21 heavy (non-hydrogen) atoms. The zero-order chi connectivity index (χ0) is 14.8. The lowest BCUT2D eigenvalue weighted by Crippen LogP contribution is -2.10. The highest BCUT2D eigenvalue weighted by Crippen LogP contribution is 2.22. The van der Waals surface area contributed by atoms with E-state index in [9.17, 15) is 0 Å². The molecule has 0 fully saturated rings. The minimum atomic E-state index is 0.510. The molecule has 0 aliphatic carbocycles. The Morgan fingerprint density at radius 2 is 2.10 bits per heavy atom. The third-order valence-electron chi connectivity index (χ3n) is 3.31. The first-order valence-corrected chi connectivity index (χ1v) is 7.53. The predicted molar refractivity (Wildman–Crippen MR) is 88.5 cm³/mol. The Balaban J connectivity index is 1.75. The summed E-state index contributed by atoms with van der Waals surface area (Å²) in [4.78, 5) is 4.37. The molecule has 0 amide bonds. The van der Waals surface area contributed by atoms with Gasteiger partial charge in [0.25, 0.3) is 0 Å². The molecule has 1 aromatic heterocycles. The van der Waals surface area contributed by atoms with E-state index in [1.807, 2.05) is 54.0 Å². The summed E-state index contributed by atoms with van der Waals surface area (Å²) in [6, 6.07) is 14.0. The van der Waals surface area contributed by atoms with Crippen LogP contribution in [0.25, 0.3) is 11.0 Å². The Hall–Kier alpha value is -2.01. The van der Waals surface area contributed by atoms with Crippen LogP contribution in [0.2, 0.25) is 0 Å². The number of hydrogen-bond donors (Lipinski definition) is 1. The van der Waals surface area contributed by atoms with E-state index in [0.29, 0.717) is 19.1 Å². The Morgan fingerprint density at radius 3 is 2.90 bits per heavy atom. The largest absolute Gasteiger partial charge is 0.492 e. The van der Waals surface area contributed by atoms with Crippen molar-refractivity contribution in [2.24, 2.45) is 0 Å². The van der Waals surface area contributed by atoms with Gasteiger partial charge in [-0.15, -0.1) is 0 Å². The number of rotatable bonds is 4. The van der Waals surface area contributed by atoms with Crippen molar-refractivity contribution in [3.05, 3.63) is 52.5 Å². The van der Waals surface area contributed by atoms with Crippen LogP contribution < -0.4 is 10.5 Å². The van der Waals surface area contributed by atoms with Gasteiger partial charge in [0.1, 0.15) is 12.4 Å². The minimum Gasteiger partial charge on any atom is -0.492 e. The zero-order valence-electron chi connectivity index (χ0n) is 11.7. The number of ether oxygens (including phenoxy) is 1. The molecule has 0 saturated carbocycles. The van der Waals surface area contributed by atoms with Gasteiger partial charge < -0.3 is 15.0 Å². The number of hydrogen-bond acceptors (Lipinski definition) is 3.